The van der Waals surface area contributed by atoms with E-state index < -0.39 is 21.9 Å². The molecule has 2 saturated carbocycles. The van der Waals surface area contributed by atoms with Gasteiger partial charge >= 0.3 is 0 Å². The Morgan fingerprint density at radius 1 is 1.14 bits per heavy atom. The summed E-state index contributed by atoms with van der Waals surface area (Å²) in [6, 6.07) is 9.09. The van der Waals surface area contributed by atoms with Crippen molar-refractivity contribution >= 4 is 27.5 Å². The van der Waals surface area contributed by atoms with E-state index >= 15 is 0 Å². The fourth-order valence-corrected chi connectivity index (χ4v) is 6.45. The summed E-state index contributed by atoms with van der Waals surface area (Å²) >= 11 is 6.50. The summed E-state index contributed by atoms with van der Waals surface area (Å²) in [5, 5.41) is -0.0131. The zero-order valence-electron chi connectivity index (χ0n) is 18.9. The Morgan fingerprint density at radius 2 is 1.97 bits per heavy atom. The van der Waals surface area contributed by atoms with E-state index in [1.807, 2.05) is 23.1 Å². The number of hydrogen-bond donors (Lipinski definition) is 1. The van der Waals surface area contributed by atoms with Gasteiger partial charge in [0.25, 0.3) is 0 Å². The first-order valence-corrected chi connectivity index (χ1v) is 13.8. The van der Waals surface area contributed by atoms with Crippen molar-refractivity contribution in [3.05, 3.63) is 76.0 Å². The van der Waals surface area contributed by atoms with Crippen molar-refractivity contribution in [2.75, 3.05) is 6.54 Å². The topological polar surface area (TPSA) is 74.7 Å². The molecule has 1 aromatic carbocycles. The smallest absolute Gasteiger partial charge is 0.214 e. The standard InChI is InChI=1S/C26H24ClFN4O2S/c27-22-13-17(28)7-11-20(22)25-21(10-6-16-4-5-16)24-14-18(31-35(33,34)19-8-9-19)15-32(24)26(30-25)23-3-1-2-12-29-23/h1-3,7,11-13,16,18-19,25,31H,4-5,8-9,14-15H2. The Balaban J connectivity index is 1.47. The van der Waals surface area contributed by atoms with E-state index in [4.69, 9.17) is 16.6 Å². The van der Waals surface area contributed by atoms with Crippen LogP contribution in [0.5, 0.6) is 0 Å². The van der Waals surface area contributed by atoms with Crippen molar-refractivity contribution in [3.63, 3.8) is 0 Å². The number of rotatable bonds is 5. The van der Waals surface area contributed by atoms with Crippen molar-refractivity contribution in [1.29, 1.82) is 0 Å². The van der Waals surface area contributed by atoms with Gasteiger partial charge in [0.1, 0.15) is 17.6 Å². The van der Waals surface area contributed by atoms with E-state index in [9.17, 15) is 12.8 Å². The van der Waals surface area contributed by atoms with Crippen molar-refractivity contribution in [2.45, 2.75) is 49.4 Å². The second-order valence-corrected chi connectivity index (χ2v) is 11.9. The van der Waals surface area contributed by atoms with Crippen LogP contribution in [0.15, 0.2) is 58.9 Å². The molecule has 3 heterocycles. The molecule has 1 aromatic heterocycles. The molecular weight excluding hydrogens is 487 g/mol. The van der Waals surface area contributed by atoms with Gasteiger partial charge in [-0.15, -0.1) is 0 Å². The Labute approximate surface area is 209 Å². The molecule has 0 radical (unpaired) electrons. The van der Waals surface area contributed by atoms with E-state index in [1.54, 1.807) is 12.3 Å². The lowest BCUT2D eigenvalue weighted by molar-refractivity contribution is 0.512. The molecule has 35 heavy (non-hydrogen) atoms. The highest BCUT2D eigenvalue weighted by Crippen LogP contribution is 2.42. The number of benzene rings is 1. The molecule has 9 heteroatoms. The van der Waals surface area contributed by atoms with Crippen LogP contribution >= 0.6 is 11.6 Å². The summed E-state index contributed by atoms with van der Waals surface area (Å²) in [5.41, 5.74) is 3.05. The number of nitrogens with zero attached hydrogens (tertiary/aromatic N) is 3. The van der Waals surface area contributed by atoms with Crippen LogP contribution in [0.4, 0.5) is 4.39 Å². The molecule has 180 valence electrons. The minimum Gasteiger partial charge on any atom is -0.326 e. The maximum Gasteiger partial charge on any atom is 0.214 e. The van der Waals surface area contributed by atoms with Crippen LogP contribution in [0.2, 0.25) is 5.02 Å². The average Bonchev–Trinajstić information content (AvgIpc) is 3.75. The molecule has 1 saturated heterocycles. The van der Waals surface area contributed by atoms with Crippen molar-refractivity contribution in [2.24, 2.45) is 10.9 Å². The molecule has 2 aromatic rings. The third-order valence-corrected chi connectivity index (χ3v) is 9.03. The molecule has 3 fully saturated rings. The largest absolute Gasteiger partial charge is 0.326 e. The van der Waals surface area contributed by atoms with E-state index in [2.05, 4.69) is 21.5 Å². The fourth-order valence-electron chi connectivity index (χ4n) is 4.60. The summed E-state index contributed by atoms with van der Waals surface area (Å²) in [5.74, 6) is 7.29. The first-order chi connectivity index (χ1) is 16.9. The number of amidine groups is 1. The highest BCUT2D eigenvalue weighted by molar-refractivity contribution is 7.90. The summed E-state index contributed by atoms with van der Waals surface area (Å²) < 4.78 is 42.2. The van der Waals surface area contributed by atoms with Gasteiger partial charge in [0, 0.05) is 47.4 Å². The van der Waals surface area contributed by atoms with Crippen molar-refractivity contribution in [3.8, 4) is 11.8 Å². The quantitative estimate of drug-likeness (QED) is 0.612. The molecule has 6 nitrogen and oxygen atoms in total. The SMILES string of the molecule is O=S(=O)(NC1CC2=C(C#CC3CC3)C(c3ccc(F)cc3Cl)N=C(c3ccccn3)N2C1)C1CC1. The summed E-state index contributed by atoms with van der Waals surface area (Å²) in [6.07, 6.45) is 5.76. The number of aliphatic imine (C=N–C) groups is 1. The molecule has 2 unspecified atom stereocenters. The van der Waals surface area contributed by atoms with E-state index in [1.165, 1.54) is 12.1 Å². The van der Waals surface area contributed by atoms with E-state index in [0.717, 1.165) is 24.1 Å². The predicted molar refractivity (Wildman–Crippen MR) is 133 cm³/mol. The zero-order chi connectivity index (χ0) is 24.2. The van der Waals surface area contributed by atoms with Crippen LogP contribution in [-0.4, -0.2) is 42.0 Å². The van der Waals surface area contributed by atoms with Gasteiger partial charge in [-0.1, -0.05) is 35.6 Å². The predicted octanol–water partition coefficient (Wildman–Crippen LogP) is 4.20. The number of fused-ring (bicyclic) bond motifs is 1. The monoisotopic (exact) mass is 510 g/mol. The Kier molecular flexibility index (Phi) is 5.67. The van der Waals surface area contributed by atoms with Crippen molar-refractivity contribution < 1.29 is 12.8 Å². The van der Waals surface area contributed by atoms with Gasteiger partial charge in [0.15, 0.2) is 5.84 Å². The molecule has 2 atom stereocenters. The molecule has 2 aliphatic heterocycles. The number of aromatic nitrogens is 1. The van der Waals surface area contributed by atoms with Gasteiger partial charge in [0.05, 0.1) is 10.8 Å². The molecule has 0 spiro atoms. The second-order valence-electron chi connectivity index (χ2n) is 9.51. The third-order valence-electron chi connectivity index (χ3n) is 6.69. The van der Waals surface area contributed by atoms with Gasteiger partial charge < -0.3 is 4.90 Å². The summed E-state index contributed by atoms with van der Waals surface area (Å²) in [4.78, 5) is 11.6. The van der Waals surface area contributed by atoms with Crippen LogP contribution in [0.3, 0.4) is 0 Å². The van der Waals surface area contributed by atoms with E-state index in [-0.39, 0.29) is 16.3 Å². The minimum atomic E-state index is -3.36. The maximum atomic E-state index is 13.9. The van der Waals surface area contributed by atoms with Crippen LogP contribution in [-0.2, 0) is 10.0 Å². The highest BCUT2D eigenvalue weighted by Gasteiger charge is 2.43. The van der Waals surface area contributed by atoms with Gasteiger partial charge in [-0.25, -0.2) is 17.5 Å². The van der Waals surface area contributed by atoms with Gasteiger partial charge in [-0.05, 0) is 49.9 Å². The molecule has 2 aliphatic carbocycles. The van der Waals surface area contributed by atoms with Crippen LogP contribution < -0.4 is 4.72 Å². The maximum absolute atomic E-state index is 13.9. The summed E-state index contributed by atoms with van der Waals surface area (Å²) in [6.45, 7) is 0.440. The lowest BCUT2D eigenvalue weighted by atomic mass is 9.94. The van der Waals surface area contributed by atoms with Crippen molar-refractivity contribution in [1.82, 2.24) is 14.6 Å². The normalized spacial score (nSPS) is 24.1. The average molecular weight is 511 g/mol. The fraction of sp³-hybridized carbons (Fsp3) is 0.385. The number of sulfonamides is 1. The number of halogens is 2. The third kappa shape index (κ3) is 4.61. The Morgan fingerprint density at radius 3 is 2.66 bits per heavy atom. The van der Waals surface area contributed by atoms with Gasteiger partial charge in [0.2, 0.25) is 10.0 Å². The van der Waals surface area contributed by atoms with E-state index in [0.29, 0.717) is 48.8 Å². The molecular formula is C26H24ClFN4O2S. The van der Waals surface area contributed by atoms with Crippen LogP contribution in [0, 0.1) is 23.6 Å². The van der Waals surface area contributed by atoms with Crippen LogP contribution in [0.1, 0.15) is 49.4 Å². The minimum absolute atomic E-state index is 0.280. The summed E-state index contributed by atoms with van der Waals surface area (Å²) in [7, 11) is -3.36. The number of hydrogen-bond acceptors (Lipinski definition) is 5. The zero-order valence-corrected chi connectivity index (χ0v) is 20.5. The lowest BCUT2D eigenvalue weighted by Crippen LogP contribution is -2.40. The molecule has 1 N–H and O–H groups in total. The molecule has 6 rings (SSSR count). The van der Waals surface area contributed by atoms with Gasteiger partial charge in [-0.2, -0.15) is 0 Å². The van der Waals surface area contributed by atoms with Crippen LogP contribution in [0.25, 0.3) is 0 Å². The lowest BCUT2D eigenvalue weighted by Gasteiger charge is -2.31. The first-order valence-electron chi connectivity index (χ1n) is 11.9. The molecule has 0 bridgehead atoms. The number of pyridine rings is 1. The highest BCUT2D eigenvalue weighted by atomic mass is 35.5. The molecule has 4 aliphatic rings. The number of nitrogens with one attached hydrogen (secondary N) is 1. The molecule has 0 amide bonds. The Hall–Kier alpha value is -2.73. The second kappa shape index (κ2) is 8.74. The van der Waals surface area contributed by atoms with Gasteiger partial charge in [-0.3, -0.25) is 9.98 Å². The Bertz CT molecular complexity index is 1410. The first kappa shape index (κ1) is 22.7.